The van der Waals surface area contributed by atoms with Gasteiger partial charge in [0.1, 0.15) is 0 Å². The molecule has 1 fully saturated rings. The molecule has 1 heterocycles. The Hall–Kier alpha value is -1.02. The fourth-order valence-corrected chi connectivity index (χ4v) is 3.37. The van der Waals surface area contributed by atoms with Crippen LogP contribution < -0.4 is 4.90 Å². The Morgan fingerprint density at radius 2 is 2.00 bits per heavy atom. The maximum atomic E-state index is 9.27. The lowest BCUT2D eigenvalue weighted by Crippen LogP contribution is -2.53. The van der Waals surface area contributed by atoms with Crippen molar-refractivity contribution in [1.29, 1.82) is 0 Å². The zero-order chi connectivity index (χ0) is 14.0. The van der Waals surface area contributed by atoms with Crippen molar-refractivity contribution in [3.63, 3.8) is 0 Å². The molecule has 106 valence electrons. The van der Waals surface area contributed by atoms with Gasteiger partial charge in [-0.1, -0.05) is 6.07 Å². The van der Waals surface area contributed by atoms with Crippen LogP contribution >= 0.6 is 0 Å². The molecular weight excluding hydrogens is 234 g/mol. The number of hydrogen-bond acceptors (Lipinski definition) is 2. The summed E-state index contributed by atoms with van der Waals surface area (Å²) in [5.74, 6) is 0.577. The van der Waals surface area contributed by atoms with Gasteiger partial charge in [-0.05, 0) is 76.1 Å². The van der Waals surface area contributed by atoms with Crippen LogP contribution in [0, 0.1) is 19.8 Å². The van der Waals surface area contributed by atoms with Crippen LogP contribution in [0.1, 0.15) is 44.2 Å². The molecule has 2 nitrogen and oxygen atoms in total. The van der Waals surface area contributed by atoms with Crippen LogP contribution in [0.3, 0.4) is 0 Å². The Morgan fingerprint density at radius 1 is 1.26 bits per heavy atom. The van der Waals surface area contributed by atoms with E-state index in [4.69, 9.17) is 0 Å². The van der Waals surface area contributed by atoms with E-state index in [0.29, 0.717) is 12.5 Å². The van der Waals surface area contributed by atoms with Gasteiger partial charge in [0, 0.05) is 24.4 Å². The molecule has 1 saturated heterocycles. The number of benzene rings is 1. The Morgan fingerprint density at radius 3 is 2.63 bits per heavy atom. The Labute approximate surface area is 117 Å². The summed E-state index contributed by atoms with van der Waals surface area (Å²) < 4.78 is 0. The lowest BCUT2D eigenvalue weighted by Gasteiger charge is -2.49. The van der Waals surface area contributed by atoms with Gasteiger partial charge in [0.05, 0.1) is 0 Å². The summed E-state index contributed by atoms with van der Waals surface area (Å²) in [6.45, 7) is 10.4. The number of aliphatic hydroxyl groups is 1. The average Bonchev–Trinajstić information content (AvgIpc) is 2.35. The minimum Gasteiger partial charge on any atom is -0.396 e. The molecule has 0 saturated carbocycles. The minimum atomic E-state index is 0.128. The van der Waals surface area contributed by atoms with Gasteiger partial charge in [-0.15, -0.1) is 0 Å². The molecule has 1 atom stereocenters. The third-order valence-corrected chi connectivity index (χ3v) is 4.91. The monoisotopic (exact) mass is 261 g/mol. The molecule has 0 spiro atoms. The Kier molecular flexibility index (Phi) is 4.19. The smallest absolute Gasteiger partial charge is 0.0434 e. The minimum absolute atomic E-state index is 0.128. The molecule has 19 heavy (non-hydrogen) atoms. The second-order valence-corrected chi connectivity index (χ2v) is 6.43. The highest BCUT2D eigenvalue weighted by molar-refractivity contribution is 5.53. The van der Waals surface area contributed by atoms with Crippen molar-refractivity contribution < 1.29 is 5.11 Å². The zero-order valence-electron chi connectivity index (χ0n) is 12.7. The van der Waals surface area contributed by atoms with E-state index < -0.39 is 0 Å². The number of anilines is 1. The van der Waals surface area contributed by atoms with Crippen LogP contribution in [0.15, 0.2) is 18.2 Å². The normalized spacial score (nSPS) is 22.6. The molecule has 1 unspecified atom stereocenters. The van der Waals surface area contributed by atoms with E-state index in [9.17, 15) is 5.11 Å². The highest BCUT2D eigenvalue weighted by Gasteiger charge is 2.38. The van der Waals surface area contributed by atoms with Gasteiger partial charge in [0.2, 0.25) is 0 Å². The summed E-state index contributed by atoms with van der Waals surface area (Å²) in [6, 6.07) is 6.76. The van der Waals surface area contributed by atoms with Crippen molar-refractivity contribution in [2.75, 3.05) is 18.1 Å². The molecule has 1 N–H and O–H groups in total. The first-order valence-electron chi connectivity index (χ1n) is 7.42. The number of aryl methyl sites for hydroxylation is 2. The van der Waals surface area contributed by atoms with Crippen LogP contribution in [-0.2, 0) is 0 Å². The number of hydrogen-bond donors (Lipinski definition) is 1. The highest BCUT2D eigenvalue weighted by Crippen LogP contribution is 2.38. The predicted octanol–water partition coefficient (Wildman–Crippen LogP) is 3.68. The molecule has 1 aliphatic rings. The molecule has 0 amide bonds. The second-order valence-electron chi connectivity index (χ2n) is 6.43. The summed E-state index contributed by atoms with van der Waals surface area (Å²) in [6.07, 6.45) is 3.37. The summed E-state index contributed by atoms with van der Waals surface area (Å²) in [7, 11) is 0. The van der Waals surface area contributed by atoms with Crippen LogP contribution in [-0.4, -0.2) is 23.8 Å². The van der Waals surface area contributed by atoms with E-state index in [-0.39, 0.29) is 5.54 Å². The van der Waals surface area contributed by atoms with E-state index in [1.165, 1.54) is 29.7 Å². The Bertz CT molecular complexity index is 437. The fraction of sp³-hybridized carbons (Fsp3) is 0.647. The van der Waals surface area contributed by atoms with Gasteiger partial charge in [-0.25, -0.2) is 0 Å². The number of aliphatic hydroxyl groups excluding tert-OH is 1. The SMILES string of the molecule is Cc1ccc(N2CCCC(CCO)C2(C)C)cc1C. The summed E-state index contributed by atoms with van der Waals surface area (Å²) in [5, 5.41) is 9.27. The van der Waals surface area contributed by atoms with Crippen LogP contribution in [0.25, 0.3) is 0 Å². The van der Waals surface area contributed by atoms with Crippen molar-refractivity contribution >= 4 is 5.69 Å². The van der Waals surface area contributed by atoms with Crippen molar-refractivity contribution in [1.82, 2.24) is 0 Å². The fourth-order valence-electron chi connectivity index (χ4n) is 3.37. The van der Waals surface area contributed by atoms with Gasteiger partial charge in [0.15, 0.2) is 0 Å². The van der Waals surface area contributed by atoms with Gasteiger partial charge in [-0.3, -0.25) is 0 Å². The summed E-state index contributed by atoms with van der Waals surface area (Å²) in [5.41, 5.74) is 4.17. The quantitative estimate of drug-likeness (QED) is 0.897. The second kappa shape index (κ2) is 5.54. The first kappa shape index (κ1) is 14.4. The highest BCUT2D eigenvalue weighted by atomic mass is 16.3. The number of piperidine rings is 1. The summed E-state index contributed by atoms with van der Waals surface area (Å²) >= 11 is 0. The van der Waals surface area contributed by atoms with Crippen molar-refractivity contribution in [3.8, 4) is 0 Å². The van der Waals surface area contributed by atoms with Gasteiger partial charge in [0.25, 0.3) is 0 Å². The first-order chi connectivity index (χ1) is 8.96. The predicted molar refractivity (Wildman–Crippen MR) is 81.8 cm³/mol. The first-order valence-corrected chi connectivity index (χ1v) is 7.42. The molecule has 1 aromatic carbocycles. The lowest BCUT2D eigenvalue weighted by atomic mass is 9.77. The van der Waals surface area contributed by atoms with Crippen LogP contribution in [0.5, 0.6) is 0 Å². The molecule has 2 heteroatoms. The zero-order valence-corrected chi connectivity index (χ0v) is 12.7. The summed E-state index contributed by atoms with van der Waals surface area (Å²) in [4.78, 5) is 2.53. The largest absolute Gasteiger partial charge is 0.396 e. The number of rotatable bonds is 3. The van der Waals surface area contributed by atoms with E-state index in [2.05, 4.69) is 50.8 Å². The van der Waals surface area contributed by atoms with Crippen molar-refractivity contribution in [3.05, 3.63) is 29.3 Å². The lowest BCUT2D eigenvalue weighted by molar-refractivity contribution is 0.176. The van der Waals surface area contributed by atoms with Crippen LogP contribution in [0.4, 0.5) is 5.69 Å². The molecule has 1 aliphatic heterocycles. The van der Waals surface area contributed by atoms with E-state index in [1.54, 1.807) is 0 Å². The average molecular weight is 261 g/mol. The maximum absolute atomic E-state index is 9.27. The van der Waals surface area contributed by atoms with Crippen LogP contribution in [0.2, 0.25) is 0 Å². The molecule has 0 radical (unpaired) electrons. The van der Waals surface area contributed by atoms with Gasteiger partial charge in [-0.2, -0.15) is 0 Å². The van der Waals surface area contributed by atoms with E-state index in [0.717, 1.165) is 13.0 Å². The molecule has 0 bridgehead atoms. The van der Waals surface area contributed by atoms with E-state index in [1.807, 2.05) is 0 Å². The Balaban J connectivity index is 2.29. The molecular formula is C17H27NO. The van der Waals surface area contributed by atoms with Crippen molar-refractivity contribution in [2.24, 2.45) is 5.92 Å². The number of nitrogens with zero attached hydrogens (tertiary/aromatic N) is 1. The molecule has 2 rings (SSSR count). The van der Waals surface area contributed by atoms with Gasteiger partial charge < -0.3 is 10.0 Å². The van der Waals surface area contributed by atoms with E-state index >= 15 is 0 Å². The third-order valence-electron chi connectivity index (χ3n) is 4.91. The molecule has 0 aliphatic carbocycles. The maximum Gasteiger partial charge on any atom is 0.0434 e. The third kappa shape index (κ3) is 2.79. The molecule has 1 aromatic rings. The van der Waals surface area contributed by atoms with Gasteiger partial charge >= 0.3 is 0 Å². The standard InChI is InChI=1S/C17H27NO/c1-13-7-8-16(12-14(13)2)18-10-5-6-15(9-11-19)17(18,3)4/h7-8,12,15,19H,5-6,9-11H2,1-4H3. The topological polar surface area (TPSA) is 23.5 Å². The molecule has 0 aromatic heterocycles. The van der Waals surface area contributed by atoms with Crippen molar-refractivity contribution in [2.45, 2.75) is 52.5 Å².